The molecule has 15 nitrogen and oxygen atoms in total. The fourth-order valence-corrected chi connectivity index (χ4v) is 9.43. The van der Waals surface area contributed by atoms with Gasteiger partial charge in [-0.05, 0) is 86.0 Å². The number of imidazole rings is 1. The second kappa shape index (κ2) is 18.7. The highest BCUT2D eigenvalue weighted by Gasteiger charge is 2.60. The number of fused-ring (bicyclic) bond motifs is 1. The number of aliphatic hydroxyl groups is 1. The summed E-state index contributed by atoms with van der Waals surface area (Å²) in [6.07, 6.45) is 4.45. The van der Waals surface area contributed by atoms with Crippen LogP contribution in [0.15, 0.2) is 37.1 Å². The van der Waals surface area contributed by atoms with Crippen LogP contribution in [0, 0.1) is 23.7 Å². The third kappa shape index (κ3) is 9.33. The molecule has 5 rings (SSSR count). The van der Waals surface area contributed by atoms with Crippen molar-refractivity contribution in [2.75, 3.05) is 27.7 Å². The third-order valence-corrected chi connectivity index (χ3v) is 12.8. The first-order chi connectivity index (χ1) is 27.4. The van der Waals surface area contributed by atoms with Crippen LogP contribution in [-0.2, 0) is 44.6 Å². The zero-order valence-electron chi connectivity index (χ0n) is 36.1. The highest BCUT2D eigenvalue weighted by Crippen LogP contribution is 2.43. The van der Waals surface area contributed by atoms with Gasteiger partial charge in [0.1, 0.15) is 23.9 Å². The van der Waals surface area contributed by atoms with Crippen LogP contribution >= 0.6 is 0 Å². The van der Waals surface area contributed by atoms with Crippen molar-refractivity contribution in [3.05, 3.63) is 37.1 Å². The number of ether oxygens (including phenoxy) is 5. The molecule has 1 N–H and O–H groups in total. The van der Waals surface area contributed by atoms with Crippen LogP contribution in [0.2, 0.25) is 0 Å². The highest BCUT2D eigenvalue weighted by molar-refractivity contribution is 6.00. The molecule has 13 atom stereocenters. The molecule has 1 amide bonds. The van der Waals surface area contributed by atoms with Gasteiger partial charge in [-0.3, -0.25) is 19.4 Å². The molecular formula is C43H65N5O10. The molecule has 5 heterocycles. The lowest BCUT2D eigenvalue weighted by atomic mass is 9.73. The number of amides is 1. The smallest absolute Gasteiger partial charge is 0.410 e. The van der Waals surface area contributed by atoms with E-state index in [0.29, 0.717) is 32.4 Å². The van der Waals surface area contributed by atoms with E-state index in [-0.39, 0.29) is 30.8 Å². The summed E-state index contributed by atoms with van der Waals surface area (Å²) < 4.78 is 33.2. The van der Waals surface area contributed by atoms with Crippen molar-refractivity contribution in [3.63, 3.8) is 0 Å². The van der Waals surface area contributed by atoms with Crippen molar-refractivity contribution < 1.29 is 48.0 Å². The minimum Gasteiger partial charge on any atom is -0.458 e. The first-order valence-corrected chi connectivity index (χ1v) is 20.8. The second-order valence-electron chi connectivity index (χ2n) is 17.3. The molecule has 58 heavy (non-hydrogen) atoms. The monoisotopic (exact) mass is 811 g/mol. The van der Waals surface area contributed by atoms with Crippen molar-refractivity contribution in [2.45, 2.75) is 148 Å². The molecule has 3 aliphatic rings. The van der Waals surface area contributed by atoms with Crippen LogP contribution < -0.4 is 0 Å². The zero-order valence-corrected chi connectivity index (χ0v) is 36.1. The van der Waals surface area contributed by atoms with Crippen molar-refractivity contribution in [3.8, 4) is 11.3 Å². The molecule has 2 aromatic rings. The van der Waals surface area contributed by atoms with Crippen LogP contribution in [0.3, 0.4) is 0 Å². The highest BCUT2D eigenvalue weighted by atomic mass is 16.7. The van der Waals surface area contributed by atoms with Gasteiger partial charge in [0.05, 0.1) is 35.9 Å². The number of carbonyl (C=O) groups is 4. The Bertz CT molecular complexity index is 1740. The number of likely N-dealkylation sites (N-methyl/N-ethyl adjacent to an activating group) is 1. The second-order valence-corrected chi connectivity index (χ2v) is 17.3. The molecule has 3 aliphatic heterocycles. The van der Waals surface area contributed by atoms with Gasteiger partial charge < -0.3 is 43.2 Å². The van der Waals surface area contributed by atoms with Crippen LogP contribution in [0.5, 0.6) is 0 Å². The summed E-state index contributed by atoms with van der Waals surface area (Å²) in [5.41, 5.74) is -0.938. The van der Waals surface area contributed by atoms with E-state index >= 15 is 0 Å². The van der Waals surface area contributed by atoms with E-state index in [1.807, 2.05) is 62.7 Å². The maximum Gasteiger partial charge on any atom is 0.410 e. The van der Waals surface area contributed by atoms with Gasteiger partial charge >= 0.3 is 12.1 Å². The van der Waals surface area contributed by atoms with Gasteiger partial charge in [0.2, 0.25) is 0 Å². The van der Waals surface area contributed by atoms with Gasteiger partial charge in [-0.15, -0.1) is 0 Å². The Balaban J connectivity index is 1.43. The quantitative estimate of drug-likeness (QED) is 0.184. The lowest BCUT2D eigenvalue weighted by Gasteiger charge is -2.47. The Kier molecular flexibility index (Phi) is 14.6. The normalized spacial score (nSPS) is 36.7. The molecular weight excluding hydrogens is 746 g/mol. The van der Waals surface area contributed by atoms with E-state index in [1.165, 1.54) is 14.0 Å². The average molecular weight is 812 g/mol. The summed E-state index contributed by atoms with van der Waals surface area (Å²) in [6.45, 7) is 14.9. The topological polar surface area (TPSA) is 172 Å². The molecule has 3 fully saturated rings. The largest absolute Gasteiger partial charge is 0.458 e. The van der Waals surface area contributed by atoms with Gasteiger partial charge in [-0.1, -0.05) is 27.7 Å². The summed E-state index contributed by atoms with van der Waals surface area (Å²) in [4.78, 5) is 69.0. The number of nitrogens with zero attached hydrogens (tertiary/aromatic N) is 5. The van der Waals surface area contributed by atoms with E-state index < -0.39 is 83.4 Å². The predicted octanol–water partition coefficient (Wildman–Crippen LogP) is 4.93. The Hall–Kier alpha value is -3.76. The Morgan fingerprint density at radius 2 is 1.72 bits per heavy atom. The molecule has 3 saturated heterocycles. The van der Waals surface area contributed by atoms with E-state index in [0.717, 1.165) is 11.3 Å². The van der Waals surface area contributed by atoms with Crippen LogP contribution in [0.1, 0.15) is 87.5 Å². The fourth-order valence-electron chi connectivity index (χ4n) is 9.43. The molecule has 0 aliphatic carbocycles. The maximum atomic E-state index is 14.7. The molecule has 2 aromatic heterocycles. The number of cyclic esters (lactones) is 1. The molecule has 0 spiro atoms. The number of unbranched alkanes of at least 4 members (excludes halogenated alkanes) is 1. The fraction of sp³-hybridized carbons (Fsp3) is 0.721. The molecule has 0 bridgehead atoms. The van der Waals surface area contributed by atoms with E-state index in [9.17, 15) is 24.3 Å². The maximum absolute atomic E-state index is 14.7. The number of aryl methyl sites for hydroxylation is 1. The number of hydrogen-bond donors (Lipinski definition) is 1. The number of aliphatic hydroxyl groups excluding tert-OH is 1. The third-order valence-electron chi connectivity index (χ3n) is 12.8. The van der Waals surface area contributed by atoms with E-state index in [2.05, 4.69) is 9.97 Å². The molecule has 0 aromatic carbocycles. The molecule has 0 radical (unpaired) electrons. The van der Waals surface area contributed by atoms with Crippen LogP contribution in [-0.4, -0.2) is 135 Å². The van der Waals surface area contributed by atoms with Crippen LogP contribution in [0.4, 0.5) is 4.79 Å². The number of esters is 1. The number of pyridine rings is 1. The number of hydrogen-bond acceptors (Lipinski definition) is 13. The molecule has 0 unspecified atom stereocenters. The summed E-state index contributed by atoms with van der Waals surface area (Å²) in [7, 11) is 5.24. The summed E-state index contributed by atoms with van der Waals surface area (Å²) in [5.74, 6) is -4.95. The summed E-state index contributed by atoms with van der Waals surface area (Å²) in [5, 5.41) is 11.4. The van der Waals surface area contributed by atoms with Crippen molar-refractivity contribution >= 4 is 23.6 Å². The Morgan fingerprint density at radius 3 is 2.36 bits per heavy atom. The van der Waals surface area contributed by atoms with Gasteiger partial charge in [0, 0.05) is 68.1 Å². The average Bonchev–Trinajstić information content (AvgIpc) is 3.78. The van der Waals surface area contributed by atoms with Crippen molar-refractivity contribution in [1.29, 1.82) is 0 Å². The molecule has 0 saturated carbocycles. The van der Waals surface area contributed by atoms with Gasteiger partial charge in [0.25, 0.3) is 0 Å². The SMILES string of the molecule is CC[C@@H]1OC(=O)[C@H](C)C(=O)[C@H](C)[C@@H](O[C@@H]2O[C@@H](C)C[C@H](N(C)C)[C@H]2O)[C@](C)(OC)C[C@@H](C)C(=O)[C@H](C)[C@H]2N(CCCCn3cnc(-c4cccnc4)c3)C(=O)O[C@]12C. The van der Waals surface area contributed by atoms with Gasteiger partial charge in [-0.25, -0.2) is 9.78 Å². The first kappa shape index (κ1) is 45.3. The van der Waals surface area contributed by atoms with Crippen molar-refractivity contribution in [1.82, 2.24) is 24.3 Å². The number of rotatable bonds is 11. The lowest BCUT2D eigenvalue weighted by Crippen LogP contribution is -2.60. The molecule has 15 heteroatoms. The van der Waals surface area contributed by atoms with Gasteiger partial charge in [-0.2, -0.15) is 0 Å². The minimum absolute atomic E-state index is 0.130. The standard InChI is InChI=1S/C43H65N5O10/c1-12-33-43(8)37(48(41(53)58-43)19-14-13-18-47-23-31(45-24-47)30-16-15-17-44-22-30)27(4)34(49)25(2)21-42(7,54-11)38(28(5)35(50)29(6)39(52)56-33)57-40-36(51)32(46(9)10)20-26(3)55-40/h15-17,22-29,32-33,36-38,40,51H,12-14,18-21H2,1-11H3/t25-,26+,27+,28+,29-,32+,33+,36-,37-,38-,40+,42-,43-/m1/s1. The van der Waals surface area contributed by atoms with E-state index in [4.69, 9.17) is 23.7 Å². The minimum atomic E-state index is -1.40. The predicted molar refractivity (Wildman–Crippen MR) is 214 cm³/mol. The van der Waals surface area contributed by atoms with Gasteiger partial charge in [0.15, 0.2) is 17.7 Å². The summed E-state index contributed by atoms with van der Waals surface area (Å²) >= 11 is 0. The number of methoxy groups -OCH3 is 1. The van der Waals surface area contributed by atoms with E-state index in [1.54, 1.807) is 51.3 Å². The Morgan fingerprint density at radius 1 is 1.02 bits per heavy atom. The Labute approximate surface area is 343 Å². The first-order valence-electron chi connectivity index (χ1n) is 20.8. The number of ketones is 2. The zero-order chi connectivity index (χ0) is 42.7. The number of aromatic nitrogens is 3. The number of Topliss-reactive ketones (excluding diaryl/α,β-unsaturated/α-hetero) is 2. The number of carbonyl (C=O) groups excluding carboxylic acids is 4. The lowest BCUT2D eigenvalue weighted by molar-refractivity contribution is -0.295. The summed E-state index contributed by atoms with van der Waals surface area (Å²) in [6, 6.07) is 2.74. The van der Waals surface area contributed by atoms with Crippen LogP contribution in [0.25, 0.3) is 11.3 Å². The van der Waals surface area contributed by atoms with Crippen molar-refractivity contribution in [2.24, 2.45) is 23.7 Å². The molecule has 322 valence electrons.